The average molecular weight is 454 g/mol. The molecule has 1 aromatic heterocycles. The summed E-state index contributed by atoms with van der Waals surface area (Å²) in [5.74, 6) is 1.58. The van der Waals surface area contributed by atoms with E-state index in [9.17, 15) is 4.79 Å². The normalized spacial score (nSPS) is 14.9. The van der Waals surface area contributed by atoms with Crippen LogP contribution in [0.4, 0.5) is 0 Å². The molecule has 0 bridgehead atoms. The number of methoxy groups -OCH3 is 1. The maximum atomic E-state index is 13.8. The monoisotopic (exact) mass is 453 g/mol. The van der Waals surface area contributed by atoms with E-state index in [2.05, 4.69) is 40.2 Å². The van der Waals surface area contributed by atoms with Crippen molar-refractivity contribution in [1.82, 2.24) is 14.9 Å². The number of amides is 1. The smallest absolute Gasteiger partial charge is 0.243 e. The molecule has 0 radical (unpaired) electrons. The van der Waals surface area contributed by atoms with Gasteiger partial charge in [0.2, 0.25) is 5.91 Å². The van der Waals surface area contributed by atoms with Gasteiger partial charge in [0.1, 0.15) is 17.6 Å². The highest BCUT2D eigenvalue weighted by Gasteiger charge is 2.29. The Labute approximate surface area is 200 Å². The van der Waals surface area contributed by atoms with E-state index in [1.807, 2.05) is 48.5 Å². The molecule has 1 unspecified atom stereocenters. The Bertz CT molecular complexity index is 1260. The van der Waals surface area contributed by atoms with Crippen LogP contribution in [0.5, 0.6) is 5.75 Å². The third kappa shape index (κ3) is 4.56. The van der Waals surface area contributed by atoms with Crippen LogP contribution in [0.3, 0.4) is 0 Å². The highest BCUT2D eigenvalue weighted by atomic mass is 16.5. The van der Waals surface area contributed by atoms with E-state index in [-0.39, 0.29) is 18.0 Å². The summed E-state index contributed by atoms with van der Waals surface area (Å²) in [6, 6.07) is 26.2. The lowest BCUT2D eigenvalue weighted by atomic mass is 10.0. The van der Waals surface area contributed by atoms with Crippen LogP contribution < -0.4 is 10.1 Å². The van der Waals surface area contributed by atoms with Crippen LogP contribution in [0.2, 0.25) is 0 Å². The Hall–Kier alpha value is -3.60. The highest BCUT2D eigenvalue weighted by molar-refractivity contribution is 5.88. The molecule has 1 amide bonds. The predicted octanol–water partition coefficient (Wildman–Crippen LogP) is 5.94. The molecule has 34 heavy (non-hydrogen) atoms. The molecule has 1 atom stereocenters. The van der Waals surface area contributed by atoms with Crippen molar-refractivity contribution in [2.24, 2.45) is 0 Å². The van der Waals surface area contributed by atoms with Crippen LogP contribution in [-0.4, -0.2) is 28.6 Å². The largest absolute Gasteiger partial charge is 0.496 e. The molecule has 1 heterocycles. The molecular weight excluding hydrogens is 422 g/mol. The summed E-state index contributed by atoms with van der Waals surface area (Å²) in [7, 11) is 1.67. The maximum Gasteiger partial charge on any atom is 0.243 e. The topological polar surface area (TPSA) is 56.2 Å². The van der Waals surface area contributed by atoms with Gasteiger partial charge in [0.05, 0.1) is 23.7 Å². The summed E-state index contributed by atoms with van der Waals surface area (Å²) < 4.78 is 7.80. The lowest BCUT2D eigenvalue weighted by Crippen LogP contribution is -2.38. The molecule has 1 aliphatic carbocycles. The predicted molar refractivity (Wildman–Crippen MR) is 136 cm³/mol. The second-order valence-corrected chi connectivity index (χ2v) is 9.02. The summed E-state index contributed by atoms with van der Waals surface area (Å²) in [5, 5.41) is 3.36. The van der Waals surface area contributed by atoms with Gasteiger partial charge in [-0.25, -0.2) is 4.98 Å². The van der Waals surface area contributed by atoms with E-state index in [0.29, 0.717) is 6.42 Å². The first-order chi connectivity index (χ1) is 16.7. The van der Waals surface area contributed by atoms with E-state index in [0.717, 1.165) is 47.4 Å². The number of imidazole rings is 1. The van der Waals surface area contributed by atoms with Gasteiger partial charge in [0, 0.05) is 6.04 Å². The summed E-state index contributed by atoms with van der Waals surface area (Å²) in [5.41, 5.74) is 3.95. The van der Waals surface area contributed by atoms with Gasteiger partial charge < -0.3 is 14.6 Å². The fourth-order valence-corrected chi connectivity index (χ4v) is 5.07. The number of hydrogen-bond donors (Lipinski definition) is 1. The van der Waals surface area contributed by atoms with E-state index >= 15 is 0 Å². The molecule has 1 N–H and O–H groups in total. The van der Waals surface area contributed by atoms with Gasteiger partial charge in [-0.15, -0.1) is 0 Å². The lowest BCUT2D eigenvalue weighted by Gasteiger charge is -2.24. The van der Waals surface area contributed by atoms with Crippen LogP contribution in [0.1, 0.15) is 43.7 Å². The maximum absolute atomic E-state index is 13.8. The Balaban J connectivity index is 1.60. The zero-order chi connectivity index (χ0) is 23.3. The number of ether oxygens (including phenoxy) is 1. The zero-order valence-corrected chi connectivity index (χ0v) is 19.6. The summed E-state index contributed by atoms with van der Waals surface area (Å²) in [6.07, 6.45) is 5.97. The second kappa shape index (κ2) is 10.1. The molecule has 1 aliphatic rings. The van der Waals surface area contributed by atoms with E-state index < -0.39 is 0 Å². The third-order valence-corrected chi connectivity index (χ3v) is 6.81. The first-order valence-corrected chi connectivity index (χ1v) is 12.2. The van der Waals surface area contributed by atoms with Gasteiger partial charge in [-0.1, -0.05) is 67.4 Å². The van der Waals surface area contributed by atoms with Crippen molar-refractivity contribution in [2.45, 2.75) is 50.6 Å². The molecule has 0 saturated heterocycles. The van der Waals surface area contributed by atoms with Crippen LogP contribution in [-0.2, 0) is 11.2 Å². The van der Waals surface area contributed by atoms with Crippen molar-refractivity contribution in [1.29, 1.82) is 0 Å². The molecule has 174 valence electrons. The highest BCUT2D eigenvalue weighted by Crippen LogP contribution is 2.35. The molecule has 3 aromatic carbocycles. The summed E-state index contributed by atoms with van der Waals surface area (Å²) in [4.78, 5) is 18.8. The Morgan fingerprint density at radius 1 is 1.00 bits per heavy atom. The quantitative estimate of drug-likeness (QED) is 0.359. The van der Waals surface area contributed by atoms with Crippen molar-refractivity contribution in [3.05, 3.63) is 84.4 Å². The number of hydrogen-bond acceptors (Lipinski definition) is 3. The minimum atomic E-state index is -0.381. The Kier molecular flexibility index (Phi) is 6.61. The molecular formula is C29H31N3O2. The van der Waals surface area contributed by atoms with Crippen molar-refractivity contribution in [3.63, 3.8) is 0 Å². The SMILES string of the molecule is COc1ccccc1-c1nc2ccccc2n1C(CCc1ccccc1)C(=O)NC1CCCC1. The first kappa shape index (κ1) is 22.2. The van der Waals surface area contributed by atoms with Crippen LogP contribution in [0.15, 0.2) is 78.9 Å². The first-order valence-electron chi connectivity index (χ1n) is 12.2. The molecule has 1 saturated carbocycles. The van der Waals surface area contributed by atoms with Crippen LogP contribution in [0, 0.1) is 0 Å². The molecule has 5 nitrogen and oxygen atoms in total. The molecule has 0 spiro atoms. The number of aromatic nitrogens is 2. The van der Waals surface area contributed by atoms with Gasteiger partial charge >= 0.3 is 0 Å². The average Bonchev–Trinajstić information content (AvgIpc) is 3.53. The van der Waals surface area contributed by atoms with Gasteiger partial charge in [0.15, 0.2) is 0 Å². The minimum Gasteiger partial charge on any atom is -0.496 e. The third-order valence-electron chi connectivity index (χ3n) is 6.81. The number of para-hydroxylation sites is 3. The number of aryl methyl sites for hydroxylation is 1. The Morgan fingerprint density at radius 2 is 1.71 bits per heavy atom. The number of fused-ring (bicyclic) bond motifs is 1. The van der Waals surface area contributed by atoms with Crippen molar-refractivity contribution in [3.8, 4) is 17.1 Å². The van der Waals surface area contributed by atoms with Gasteiger partial charge in [-0.2, -0.15) is 0 Å². The molecule has 1 fully saturated rings. The fraction of sp³-hybridized carbons (Fsp3) is 0.310. The summed E-state index contributed by atoms with van der Waals surface area (Å²) in [6.45, 7) is 0. The fourth-order valence-electron chi connectivity index (χ4n) is 5.07. The van der Waals surface area contributed by atoms with Crippen LogP contribution in [0.25, 0.3) is 22.4 Å². The van der Waals surface area contributed by atoms with E-state index in [1.54, 1.807) is 7.11 Å². The van der Waals surface area contributed by atoms with Crippen molar-refractivity contribution >= 4 is 16.9 Å². The molecule has 5 rings (SSSR count). The number of rotatable bonds is 8. The number of carbonyl (C=O) groups excluding carboxylic acids is 1. The Morgan fingerprint density at radius 3 is 2.50 bits per heavy atom. The standard InChI is InChI=1S/C29H31N3O2/c1-34-27-18-10-7-15-23(27)28-31-24-16-8-9-17-25(24)32(28)26(20-19-21-11-3-2-4-12-21)29(33)30-22-13-5-6-14-22/h2-4,7-12,15-18,22,26H,5-6,13-14,19-20H2,1H3,(H,30,33). The van der Waals surface area contributed by atoms with Crippen LogP contribution >= 0.6 is 0 Å². The number of nitrogens with zero attached hydrogens (tertiary/aromatic N) is 2. The lowest BCUT2D eigenvalue weighted by molar-refractivity contribution is -0.125. The minimum absolute atomic E-state index is 0.0714. The van der Waals surface area contributed by atoms with Gasteiger partial charge in [0.25, 0.3) is 0 Å². The van der Waals surface area contributed by atoms with Crippen molar-refractivity contribution in [2.75, 3.05) is 7.11 Å². The van der Waals surface area contributed by atoms with E-state index in [4.69, 9.17) is 9.72 Å². The summed E-state index contributed by atoms with van der Waals surface area (Å²) >= 11 is 0. The molecule has 5 heteroatoms. The molecule has 4 aromatic rings. The number of benzene rings is 3. The second-order valence-electron chi connectivity index (χ2n) is 9.02. The van der Waals surface area contributed by atoms with E-state index in [1.165, 1.54) is 18.4 Å². The zero-order valence-electron chi connectivity index (χ0n) is 19.6. The molecule has 0 aliphatic heterocycles. The number of nitrogens with one attached hydrogen (secondary N) is 1. The van der Waals surface area contributed by atoms with Crippen molar-refractivity contribution < 1.29 is 9.53 Å². The number of carbonyl (C=O) groups is 1. The van der Waals surface area contributed by atoms with Gasteiger partial charge in [-0.05, 0) is 55.5 Å². The van der Waals surface area contributed by atoms with Gasteiger partial charge in [-0.3, -0.25) is 4.79 Å².